The van der Waals surface area contributed by atoms with E-state index in [1.807, 2.05) is 19.9 Å². The van der Waals surface area contributed by atoms with Crippen molar-refractivity contribution >= 4 is 17.9 Å². The van der Waals surface area contributed by atoms with E-state index in [2.05, 4.69) is 4.98 Å². The topological polar surface area (TPSA) is 131 Å². The number of nitrogens with zero attached hydrogens (tertiary/aromatic N) is 4. The summed E-state index contributed by atoms with van der Waals surface area (Å²) in [4.78, 5) is 26.4. The van der Waals surface area contributed by atoms with E-state index in [1.54, 1.807) is 11.1 Å². The highest BCUT2D eigenvalue weighted by molar-refractivity contribution is 5.65. The van der Waals surface area contributed by atoms with Crippen molar-refractivity contribution in [2.75, 3.05) is 25.0 Å². The van der Waals surface area contributed by atoms with E-state index in [0.717, 1.165) is 37.7 Å². The first kappa shape index (κ1) is 30.7. The molecule has 3 heterocycles. The van der Waals surface area contributed by atoms with Crippen LogP contribution < -0.4 is 22.0 Å². The second kappa shape index (κ2) is 13.8. The van der Waals surface area contributed by atoms with Crippen molar-refractivity contribution in [1.29, 1.82) is 0 Å². The quantitative estimate of drug-likeness (QED) is 0.286. The fourth-order valence-electron chi connectivity index (χ4n) is 4.23. The molecule has 4 rings (SSSR count). The Labute approximate surface area is 220 Å². The monoisotopic (exact) mass is 538 g/mol. The molecule has 1 saturated carbocycles. The molecule has 0 bridgehead atoms. The standard InChI is InChI=1S/C23H29F3N6O.C2H6.CH2O2/c1-30(28)19(14-32-13-16(15-5-6-15)7-10-20(32)33)21(27)17-8-9-18(22(29-17)23(24,25)26)31-11-3-2-4-12-31;1-2;2-1-3/h7-10,13,15H,2-6,11-12,14,27-28H2,1H3;1-2H3;1H,(H,2,3)/b21-19-;;. The molecule has 0 unspecified atom stereocenters. The van der Waals surface area contributed by atoms with Gasteiger partial charge in [-0.3, -0.25) is 9.59 Å². The van der Waals surface area contributed by atoms with Crippen LogP contribution in [-0.2, 0) is 17.5 Å². The molecule has 1 aliphatic heterocycles. The molecule has 0 aromatic carbocycles. The van der Waals surface area contributed by atoms with Gasteiger partial charge in [-0.05, 0) is 55.7 Å². The summed E-state index contributed by atoms with van der Waals surface area (Å²) in [6.45, 7) is 4.90. The highest BCUT2D eigenvalue weighted by atomic mass is 19.4. The second-order valence-electron chi connectivity index (χ2n) is 8.89. The van der Waals surface area contributed by atoms with Gasteiger partial charge in [0.2, 0.25) is 0 Å². The van der Waals surface area contributed by atoms with Gasteiger partial charge in [0.1, 0.15) is 0 Å². The third-order valence-electron chi connectivity index (χ3n) is 6.23. The summed E-state index contributed by atoms with van der Waals surface area (Å²) in [5, 5.41) is 8.11. The van der Waals surface area contributed by atoms with Crippen molar-refractivity contribution in [1.82, 2.24) is 14.6 Å². The minimum absolute atomic E-state index is 0.000538. The van der Waals surface area contributed by atoms with Gasteiger partial charge in [-0.1, -0.05) is 19.9 Å². The highest BCUT2D eigenvalue weighted by Gasteiger charge is 2.38. The van der Waals surface area contributed by atoms with Gasteiger partial charge in [0.25, 0.3) is 12.0 Å². The van der Waals surface area contributed by atoms with Crippen LogP contribution in [-0.4, -0.2) is 46.3 Å². The predicted molar refractivity (Wildman–Crippen MR) is 141 cm³/mol. The Balaban J connectivity index is 0.000000947. The molecule has 0 amide bonds. The van der Waals surface area contributed by atoms with Gasteiger partial charge in [0, 0.05) is 32.4 Å². The van der Waals surface area contributed by atoms with Crippen LogP contribution in [0.2, 0.25) is 0 Å². The molecule has 0 radical (unpaired) electrons. The lowest BCUT2D eigenvalue weighted by Gasteiger charge is -2.31. The van der Waals surface area contributed by atoms with Gasteiger partial charge in [0.15, 0.2) is 5.69 Å². The number of anilines is 1. The molecule has 2 fully saturated rings. The number of hydrogen-bond donors (Lipinski definition) is 3. The maximum absolute atomic E-state index is 13.9. The molecular weight excluding hydrogens is 501 g/mol. The van der Waals surface area contributed by atoms with Gasteiger partial charge < -0.3 is 25.3 Å². The number of piperidine rings is 1. The first-order chi connectivity index (χ1) is 18.1. The van der Waals surface area contributed by atoms with Gasteiger partial charge in [-0.15, -0.1) is 0 Å². The molecule has 0 spiro atoms. The van der Waals surface area contributed by atoms with Crippen molar-refractivity contribution < 1.29 is 23.1 Å². The Bertz CT molecular complexity index is 1150. The molecule has 210 valence electrons. The summed E-state index contributed by atoms with van der Waals surface area (Å²) in [5.41, 5.74) is 6.48. The van der Waals surface area contributed by atoms with E-state index in [1.165, 1.54) is 34.8 Å². The minimum Gasteiger partial charge on any atom is -0.483 e. The largest absolute Gasteiger partial charge is 0.483 e. The Hall–Kier alpha value is -3.54. The maximum Gasteiger partial charge on any atom is 0.435 e. The van der Waals surface area contributed by atoms with Gasteiger partial charge in [0.05, 0.1) is 29.3 Å². The molecule has 9 nitrogen and oxygen atoms in total. The highest BCUT2D eigenvalue weighted by Crippen LogP contribution is 2.39. The van der Waals surface area contributed by atoms with E-state index in [-0.39, 0.29) is 35.7 Å². The number of pyridine rings is 2. The van der Waals surface area contributed by atoms with Crippen LogP contribution in [0.5, 0.6) is 0 Å². The zero-order valence-corrected chi connectivity index (χ0v) is 22.0. The van der Waals surface area contributed by atoms with Crippen LogP contribution in [0.15, 0.2) is 41.0 Å². The van der Waals surface area contributed by atoms with Crippen LogP contribution in [0.3, 0.4) is 0 Å². The summed E-state index contributed by atoms with van der Waals surface area (Å²) >= 11 is 0. The molecular formula is C26H37F3N6O3. The molecule has 2 aromatic rings. The second-order valence-corrected chi connectivity index (χ2v) is 8.89. The molecule has 0 atom stereocenters. The van der Waals surface area contributed by atoms with Gasteiger partial charge in [-0.2, -0.15) is 13.2 Å². The van der Waals surface area contributed by atoms with Crippen LogP contribution in [0.4, 0.5) is 18.9 Å². The number of likely N-dealkylation sites (N-methyl/N-ethyl adjacent to an activating group) is 1. The number of halogens is 3. The van der Waals surface area contributed by atoms with Crippen molar-refractivity contribution in [2.24, 2.45) is 11.6 Å². The van der Waals surface area contributed by atoms with Crippen molar-refractivity contribution in [3.63, 3.8) is 0 Å². The van der Waals surface area contributed by atoms with E-state index in [4.69, 9.17) is 21.5 Å². The van der Waals surface area contributed by atoms with Crippen molar-refractivity contribution in [3.05, 3.63) is 63.5 Å². The summed E-state index contributed by atoms with van der Waals surface area (Å²) in [6.07, 6.45) is 1.99. The van der Waals surface area contributed by atoms with E-state index >= 15 is 0 Å². The van der Waals surface area contributed by atoms with Crippen LogP contribution >= 0.6 is 0 Å². The number of rotatable bonds is 6. The lowest BCUT2D eigenvalue weighted by Crippen LogP contribution is -2.33. The Morgan fingerprint density at radius 3 is 2.29 bits per heavy atom. The fraction of sp³-hybridized carbons (Fsp3) is 0.500. The summed E-state index contributed by atoms with van der Waals surface area (Å²) in [6, 6.07) is 6.22. The van der Waals surface area contributed by atoms with Crippen LogP contribution in [0, 0.1) is 0 Å². The smallest absolute Gasteiger partial charge is 0.435 e. The van der Waals surface area contributed by atoms with E-state index < -0.39 is 11.9 Å². The summed E-state index contributed by atoms with van der Waals surface area (Å²) in [5.74, 6) is 6.42. The average molecular weight is 539 g/mol. The zero-order chi connectivity index (χ0) is 28.5. The first-order valence-electron chi connectivity index (χ1n) is 12.7. The number of carbonyl (C=O) groups is 1. The number of nitrogens with two attached hydrogens (primary N) is 2. The number of hydrogen-bond acceptors (Lipinski definition) is 7. The number of allylic oxidation sites excluding steroid dienone is 1. The normalized spacial score (nSPS) is 15.8. The summed E-state index contributed by atoms with van der Waals surface area (Å²) in [7, 11) is 1.53. The lowest BCUT2D eigenvalue weighted by molar-refractivity contribution is -0.140. The molecule has 5 N–H and O–H groups in total. The molecule has 38 heavy (non-hydrogen) atoms. The fourth-order valence-corrected chi connectivity index (χ4v) is 4.23. The number of aromatic nitrogens is 2. The average Bonchev–Trinajstić information content (AvgIpc) is 3.75. The maximum atomic E-state index is 13.9. The van der Waals surface area contributed by atoms with E-state index in [9.17, 15) is 18.0 Å². The van der Waals surface area contributed by atoms with Crippen LogP contribution in [0.1, 0.15) is 68.8 Å². The minimum atomic E-state index is -4.63. The number of hydrazine groups is 1. The number of carboxylic acid groups (broad SMARTS) is 1. The molecule has 12 heteroatoms. The first-order valence-corrected chi connectivity index (χ1v) is 12.7. The Kier molecular flexibility index (Phi) is 11.2. The lowest BCUT2D eigenvalue weighted by atomic mass is 10.1. The van der Waals surface area contributed by atoms with Crippen molar-refractivity contribution in [3.8, 4) is 0 Å². The molecule has 1 saturated heterocycles. The van der Waals surface area contributed by atoms with Crippen LogP contribution in [0.25, 0.3) is 5.70 Å². The number of alkyl halides is 3. The molecule has 2 aromatic heterocycles. The molecule has 2 aliphatic rings. The van der Waals surface area contributed by atoms with Gasteiger partial charge in [-0.25, -0.2) is 10.8 Å². The Morgan fingerprint density at radius 2 is 1.76 bits per heavy atom. The van der Waals surface area contributed by atoms with Gasteiger partial charge >= 0.3 is 6.18 Å². The van der Waals surface area contributed by atoms with E-state index in [0.29, 0.717) is 24.7 Å². The third kappa shape index (κ3) is 7.98. The molecule has 1 aliphatic carbocycles. The Morgan fingerprint density at radius 1 is 1.16 bits per heavy atom. The summed E-state index contributed by atoms with van der Waals surface area (Å²) < 4.78 is 43.2. The zero-order valence-electron chi connectivity index (χ0n) is 22.0. The van der Waals surface area contributed by atoms with Crippen molar-refractivity contribution in [2.45, 2.75) is 64.6 Å². The third-order valence-corrected chi connectivity index (χ3v) is 6.23. The SMILES string of the molecule is CC.CN(N)/C(Cn1cc(C2CC2)ccc1=O)=C(\N)c1ccc(N2CCCCC2)c(C(F)(F)F)n1.O=CO. The predicted octanol–water partition coefficient (Wildman–Crippen LogP) is 3.99.